The fraction of sp³-hybridized carbons (Fsp3) is 0.308. The fourth-order valence-electron chi connectivity index (χ4n) is 4.61. The molecule has 0 saturated carbocycles. The van der Waals surface area contributed by atoms with Crippen molar-refractivity contribution in [1.29, 1.82) is 0 Å². The number of Topliss-reactive ketones (excluding diaryl/α,β-unsaturated/α-hetero) is 1. The van der Waals surface area contributed by atoms with E-state index in [0.717, 1.165) is 5.56 Å². The second kappa shape index (κ2) is 8.12. The molecule has 2 aromatic rings. The monoisotopic (exact) mass is 466 g/mol. The minimum atomic E-state index is -3.70. The van der Waals surface area contributed by atoms with E-state index in [9.17, 15) is 14.2 Å². The summed E-state index contributed by atoms with van der Waals surface area (Å²) in [5, 5.41) is 0. The topological polar surface area (TPSA) is 78.9 Å². The number of benzene rings is 2. The number of carbonyl (C=O) groups excluding carboxylic acids is 2. The summed E-state index contributed by atoms with van der Waals surface area (Å²) in [4.78, 5) is 26.5. The lowest BCUT2D eigenvalue weighted by Gasteiger charge is -2.45. The molecule has 0 N–H and O–H groups in total. The largest absolute Gasteiger partial charge is 0.497 e. The quantitative estimate of drug-likeness (QED) is 0.514. The van der Waals surface area contributed by atoms with Crippen molar-refractivity contribution < 1.29 is 27.9 Å². The lowest BCUT2D eigenvalue weighted by molar-refractivity contribution is -0.121. The average Bonchev–Trinajstić information content (AvgIpc) is 2.79. The van der Waals surface area contributed by atoms with Crippen LogP contribution in [0.4, 0.5) is 0 Å². The van der Waals surface area contributed by atoms with Crippen LogP contribution >= 0.6 is 7.60 Å². The van der Waals surface area contributed by atoms with Gasteiger partial charge in [-0.15, -0.1) is 0 Å². The van der Waals surface area contributed by atoms with Crippen LogP contribution in [0.2, 0.25) is 0 Å². The molecule has 7 heteroatoms. The molecule has 0 spiro atoms. The van der Waals surface area contributed by atoms with E-state index in [-0.39, 0.29) is 18.1 Å². The zero-order chi connectivity index (χ0) is 24.0. The normalized spacial score (nSPS) is 22.9. The van der Waals surface area contributed by atoms with Crippen molar-refractivity contribution in [3.8, 4) is 5.75 Å². The molecular formula is C26H27O6P. The first kappa shape index (κ1) is 23.2. The van der Waals surface area contributed by atoms with E-state index < -0.39 is 24.2 Å². The molecule has 4 rings (SSSR count). The van der Waals surface area contributed by atoms with Crippen molar-refractivity contribution in [2.24, 2.45) is 5.41 Å². The smallest absolute Gasteiger partial charge is 0.376 e. The minimum Gasteiger partial charge on any atom is -0.497 e. The van der Waals surface area contributed by atoms with Crippen LogP contribution < -0.4 is 4.74 Å². The number of fused-ring (bicyclic) bond motifs is 3. The second-order valence-electron chi connectivity index (χ2n) is 9.09. The lowest BCUT2D eigenvalue weighted by Crippen LogP contribution is -2.45. The van der Waals surface area contributed by atoms with Crippen molar-refractivity contribution in [2.75, 3.05) is 13.8 Å². The number of allylic oxidation sites excluding steroid dienone is 4. The Morgan fingerprint density at radius 2 is 1.70 bits per heavy atom. The minimum absolute atomic E-state index is 0.0682. The van der Waals surface area contributed by atoms with Crippen LogP contribution in [-0.2, 0) is 30.4 Å². The maximum absolute atomic E-state index is 13.6. The van der Waals surface area contributed by atoms with Crippen LogP contribution in [0, 0.1) is 5.41 Å². The zero-order valence-electron chi connectivity index (χ0n) is 19.4. The highest BCUT2D eigenvalue weighted by Gasteiger charge is 2.53. The van der Waals surface area contributed by atoms with Gasteiger partial charge in [0.15, 0.2) is 11.5 Å². The number of hydrogen-bond donors (Lipinski definition) is 0. The van der Waals surface area contributed by atoms with Gasteiger partial charge in [-0.05, 0) is 56.2 Å². The van der Waals surface area contributed by atoms with Crippen LogP contribution in [0.1, 0.15) is 42.3 Å². The third-order valence-electron chi connectivity index (χ3n) is 6.36. The van der Waals surface area contributed by atoms with Crippen molar-refractivity contribution in [1.82, 2.24) is 0 Å². The second-order valence-corrected chi connectivity index (χ2v) is 11.1. The molecule has 0 aliphatic heterocycles. The average molecular weight is 466 g/mol. The molecular weight excluding hydrogens is 439 g/mol. The van der Waals surface area contributed by atoms with Crippen molar-refractivity contribution in [3.63, 3.8) is 0 Å². The molecule has 6 nitrogen and oxygen atoms in total. The Morgan fingerprint density at radius 1 is 1.00 bits per heavy atom. The van der Waals surface area contributed by atoms with E-state index >= 15 is 0 Å². The first-order valence-electron chi connectivity index (χ1n) is 10.7. The summed E-state index contributed by atoms with van der Waals surface area (Å²) in [5.41, 5.74) is 0.545. The summed E-state index contributed by atoms with van der Waals surface area (Å²) in [7, 11) is -2.14. The third kappa shape index (κ3) is 3.98. The number of ketones is 2. The highest BCUT2D eigenvalue weighted by molar-refractivity contribution is 7.53. The molecule has 1 unspecified atom stereocenters. The standard InChI is InChI=1S/C26H27O6P/c1-25(2)21(27)13-14-26(3)20-15-18(30-4)11-12-19(20)22(28)23(24(25)26)32-33(5,29)31-16-17-9-7-6-8-10-17/h6-15H,16H2,1-5H3/t26-,33?/m0/s1. The van der Waals surface area contributed by atoms with Gasteiger partial charge in [-0.3, -0.25) is 14.1 Å². The van der Waals surface area contributed by atoms with Gasteiger partial charge in [-0.25, -0.2) is 4.57 Å². The molecule has 2 aliphatic carbocycles. The van der Waals surface area contributed by atoms with Gasteiger partial charge < -0.3 is 9.26 Å². The molecule has 0 bridgehead atoms. The molecule has 0 aromatic heterocycles. The predicted octanol–water partition coefficient (Wildman–Crippen LogP) is 5.62. The molecule has 2 aromatic carbocycles. The molecule has 0 heterocycles. The van der Waals surface area contributed by atoms with Crippen LogP contribution in [0.3, 0.4) is 0 Å². The first-order chi connectivity index (χ1) is 15.5. The molecule has 0 radical (unpaired) electrons. The van der Waals surface area contributed by atoms with Crippen LogP contribution in [0.5, 0.6) is 5.75 Å². The van der Waals surface area contributed by atoms with Crippen molar-refractivity contribution in [3.05, 3.63) is 88.7 Å². The number of carbonyl (C=O) groups is 2. The molecule has 2 aliphatic rings. The van der Waals surface area contributed by atoms with Gasteiger partial charge in [0.1, 0.15) is 5.75 Å². The predicted molar refractivity (Wildman–Crippen MR) is 125 cm³/mol. The van der Waals surface area contributed by atoms with Gasteiger partial charge in [0.05, 0.1) is 19.1 Å². The van der Waals surface area contributed by atoms with Crippen LogP contribution in [0.25, 0.3) is 0 Å². The van der Waals surface area contributed by atoms with Gasteiger partial charge >= 0.3 is 7.60 Å². The van der Waals surface area contributed by atoms with E-state index in [0.29, 0.717) is 22.4 Å². The molecule has 33 heavy (non-hydrogen) atoms. The van der Waals surface area contributed by atoms with Gasteiger partial charge in [0.25, 0.3) is 0 Å². The van der Waals surface area contributed by atoms with Gasteiger partial charge in [0, 0.05) is 23.2 Å². The number of hydrogen-bond acceptors (Lipinski definition) is 6. The van der Waals surface area contributed by atoms with Gasteiger partial charge in [-0.2, -0.15) is 0 Å². The van der Waals surface area contributed by atoms with E-state index in [1.807, 2.05) is 37.3 Å². The number of methoxy groups -OCH3 is 1. The summed E-state index contributed by atoms with van der Waals surface area (Å²) < 4.78 is 30.2. The molecule has 2 atom stereocenters. The molecule has 0 amide bonds. The number of rotatable bonds is 6. The Morgan fingerprint density at radius 3 is 2.36 bits per heavy atom. The summed E-state index contributed by atoms with van der Waals surface area (Å²) in [6.45, 7) is 6.83. The Kier molecular flexibility index (Phi) is 5.71. The first-order valence-corrected chi connectivity index (χ1v) is 12.7. The van der Waals surface area contributed by atoms with Crippen molar-refractivity contribution in [2.45, 2.75) is 32.8 Å². The maximum atomic E-state index is 13.6. The molecule has 0 saturated heterocycles. The third-order valence-corrected chi connectivity index (χ3v) is 7.47. The van der Waals surface area contributed by atoms with Crippen molar-refractivity contribution >= 4 is 19.2 Å². The van der Waals surface area contributed by atoms with Gasteiger partial charge in [-0.1, -0.05) is 36.4 Å². The maximum Gasteiger partial charge on any atom is 0.376 e. The Balaban J connectivity index is 1.82. The fourth-order valence-corrected chi connectivity index (χ4v) is 5.55. The van der Waals surface area contributed by atoms with E-state index in [1.165, 1.54) is 12.7 Å². The van der Waals surface area contributed by atoms with E-state index in [2.05, 4.69) is 0 Å². The highest BCUT2D eigenvalue weighted by Crippen LogP contribution is 2.57. The van der Waals surface area contributed by atoms with Gasteiger partial charge in [0.2, 0.25) is 5.78 Å². The van der Waals surface area contributed by atoms with E-state index in [4.69, 9.17) is 13.8 Å². The summed E-state index contributed by atoms with van der Waals surface area (Å²) in [6.07, 6.45) is 3.31. The number of ether oxygens (including phenoxy) is 1. The Labute approximate surface area is 193 Å². The zero-order valence-corrected chi connectivity index (χ0v) is 20.3. The highest BCUT2D eigenvalue weighted by atomic mass is 31.2. The van der Waals surface area contributed by atoms with Crippen LogP contribution in [-0.4, -0.2) is 25.3 Å². The summed E-state index contributed by atoms with van der Waals surface area (Å²) >= 11 is 0. The SMILES string of the molecule is COc1ccc2c(c1)[C@]1(C)C=CC(=O)C(C)(C)C1=C(OP(C)(=O)OCc1ccccc1)C2=O. The summed E-state index contributed by atoms with van der Waals surface area (Å²) in [6, 6.07) is 14.5. The van der Waals surface area contributed by atoms with E-state index in [1.54, 1.807) is 45.2 Å². The van der Waals surface area contributed by atoms with Crippen LogP contribution in [0.15, 0.2) is 72.0 Å². The Bertz CT molecular complexity index is 1240. The molecule has 172 valence electrons. The Hall–Kier alpha value is -2.95. The molecule has 0 fully saturated rings. The lowest BCUT2D eigenvalue weighted by atomic mass is 9.57. The summed E-state index contributed by atoms with van der Waals surface area (Å²) in [5.74, 6) is -0.0771.